The first-order chi connectivity index (χ1) is 6.64. The molecule has 1 aromatic rings. The average molecular weight is 189 g/mol. The third-order valence-electron chi connectivity index (χ3n) is 2.73. The molecule has 1 atom stereocenters. The molecule has 0 aliphatic heterocycles. The van der Waals surface area contributed by atoms with Crippen molar-refractivity contribution in [3.8, 4) is 11.8 Å². The van der Waals surface area contributed by atoms with Gasteiger partial charge in [0, 0.05) is 12.0 Å². The van der Waals surface area contributed by atoms with Gasteiger partial charge >= 0.3 is 0 Å². The van der Waals surface area contributed by atoms with Crippen molar-refractivity contribution in [1.29, 1.82) is 5.26 Å². The minimum Gasteiger partial charge on any atom is -0.508 e. The van der Waals surface area contributed by atoms with Gasteiger partial charge in [0.25, 0.3) is 0 Å². The second-order valence-corrected chi connectivity index (χ2v) is 3.73. The van der Waals surface area contributed by atoms with Crippen molar-refractivity contribution in [3.63, 3.8) is 0 Å². The molecule has 72 valence electrons. The average Bonchev–Trinajstić information content (AvgIpc) is 2.20. The highest BCUT2D eigenvalue weighted by Gasteiger charge is 2.33. The predicted molar refractivity (Wildman–Crippen MR) is 50.7 cm³/mol. The highest BCUT2D eigenvalue weighted by molar-refractivity contribution is 5.43. The molecule has 1 unspecified atom stereocenters. The van der Waals surface area contributed by atoms with Crippen LogP contribution >= 0.6 is 0 Å². The van der Waals surface area contributed by atoms with Gasteiger partial charge in [-0.05, 0) is 24.5 Å². The predicted octanol–water partition coefficient (Wildman–Crippen LogP) is 1.14. The summed E-state index contributed by atoms with van der Waals surface area (Å²) in [5, 5.41) is 28.1. The lowest BCUT2D eigenvalue weighted by Crippen LogP contribution is -2.33. The highest BCUT2D eigenvalue weighted by atomic mass is 16.3. The van der Waals surface area contributed by atoms with E-state index in [1.807, 2.05) is 12.1 Å². The molecule has 1 aromatic carbocycles. The number of hydrogen-bond donors (Lipinski definition) is 2. The number of rotatable bonds is 0. The normalized spacial score (nSPS) is 25.1. The maximum absolute atomic E-state index is 9.78. The van der Waals surface area contributed by atoms with Crippen molar-refractivity contribution < 1.29 is 10.2 Å². The molecule has 0 saturated carbocycles. The topological polar surface area (TPSA) is 64.2 Å². The van der Waals surface area contributed by atoms with Crippen molar-refractivity contribution in [2.75, 3.05) is 0 Å². The Hall–Kier alpha value is -1.53. The van der Waals surface area contributed by atoms with Gasteiger partial charge in [-0.15, -0.1) is 0 Å². The molecule has 0 aromatic heterocycles. The maximum Gasteiger partial charge on any atom is 0.155 e. The van der Waals surface area contributed by atoms with Gasteiger partial charge in [0.15, 0.2) is 5.60 Å². The van der Waals surface area contributed by atoms with Crippen molar-refractivity contribution in [1.82, 2.24) is 0 Å². The number of aryl methyl sites for hydroxylation is 1. The minimum absolute atomic E-state index is 0.177. The van der Waals surface area contributed by atoms with E-state index in [2.05, 4.69) is 0 Å². The number of aliphatic hydroxyl groups is 1. The van der Waals surface area contributed by atoms with E-state index in [1.165, 1.54) is 0 Å². The van der Waals surface area contributed by atoms with Crippen LogP contribution in [-0.4, -0.2) is 15.8 Å². The number of fused-ring (bicyclic) bond motifs is 1. The Morgan fingerprint density at radius 2 is 2.21 bits per heavy atom. The number of hydrogen-bond acceptors (Lipinski definition) is 3. The second kappa shape index (κ2) is 3.00. The van der Waals surface area contributed by atoms with Crippen molar-refractivity contribution >= 4 is 0 Å². The molecule has 2 N–H and O–H groups in total. The summed E-state index contributed by atoms with van der Waals surface area (Å²) in [6.45, 7) is 0. The van der Waals surface area contributed by atoms with Crippen molar-refractivity contribution in [2.24, 2.45) is 0 Å². The summed E-state index contributed by atoms with van der Waals surface area (Å²) in [5.74, 6) is 0.177. The number of phenolic OH excluding ortho intramolecular Hbond substituents is 1. The van der Waals surface area contributed by atoms with E-state index in [0.29, 0.717) is 18.4 Å². The van der Waals surface area contributed by atoms with Crippen LogP contribution in [0.5, 0.6) is 5.75 Å². The molecule has 14 heavy (non-hydrogen) atoms. The van der Waals surface area contributed by atoms with E-state index in [9.17, 15) is 10.2 Å². The van der Waals surface area contributed by atoms with Crippen LogP contribution in [0.1, 0.15) is 17.5 Å². The van der Waals surface area contributed by atoms with Gasteiger partial charge in [0.05, 0.1) is 6.07 Å². The van der Waals surface area contributed by atoms with E-state index >= 15 is 0 Å². The first kappa shape index (κ1) is 9.04. The molecular formula is C11H11NO2. The molecule has 0 fully saturated rings. The molecular weight excluding hydrogens is 178 g/mol. The number of aromatic hydroxyl groups is 1. The Bertz CT molecular complexity index is 408. The molecule has 0 spiro atoms. The summed E-state index contributed by atoms with van der Waals surface area (Å²) in [6, 6.07) is 7.18. The lowest BCUT2D eigenvalue weighted by Gasteiger charge is -2.27. The van der Waals surface area contributed by atoms with Crippen LogP contribution in [0.25, 0.3) is 0 Å². The molecule has 0 amide bonds. The molecule has 0 radical (unpaired) electrons. The molecule has 3 nitrogen and oxygen atoms in total. The Morgan fingerprint density at radius 1 is 1.43 bits per heavy atom. The zero-order valence-corrected chi connectivity index (χ0v) is 7.70. The molecule has 0 heterocycles. The fraction of sp³-hybridized carbons (Fsp3) is 0.364. The van der Waals surface area contributed by atoms with E-state index < -0.39 is 5.60 Å². The lowest BCUT2D eigenvalue weighted by atomic mass is 9.81. The third kappa shape index (κ3) is 1.34. The van der Waals surface area contributed by atoms with Gasteiger partial charge < -0.3 is 10.2 Å². The molecule has 0 bridgehead atoms. The van der Waals surface area contributed by atoms with E-state index in [0.717, 1.165) is 5.56 Å². The lowest BCUT2D eigenvalue weighted by molar-refractivity contribution is 0.0831. The van der Waals surface area contributed by atoms with Gasteiger partial charge in [0.1, 0.15) is 5.75 Å². The maximum atomic E-state index is 9.78. The summed E-state index contributed by atoms with van der Waals surface area (Å²) in [5.41, 5.74) is 0.443. The molecule has 0 saturated heterocycles. The van der Waals surface area contributed by atoms with Crippen LogP contribution in [-0.2, 0) is 12.8 Å². The van der Waals surface area contributed by atoms with E-state index in [1.54, 1.807) is 12.1 Å². The Kier molecular flexibility index (Phi) is 1.94. The molecule has 3 heteroatoms. The van der Waals surface area contributed by atoms with Gasteiger partial charge in [-0.2, -0.15) is 5.26 Å². The fourth-order valence-corrected chi connectivity index (χ4v) is 1.88. The molecule has 1 aliphatic carbocycles. The quantitative estimate of drug-likeness (QED) is 0.601. The molecule has 1 aliphatic rings. The Morgan fingerprint density at radius 3 is 2.93 bits per heavy atom. The van der Waals surface area contributed by atoms with Crippen LogP contribution in [0.15, 0.2) is 18.2 Å². The fourth-order valence-electron chi connectivity index (χ4n) is 1.88. The van der Waals surface area contributed by atoms with Crippen LogP contribution in [0.2, 0.25) is 0 Å². The monoisotopic (exact) mass is 189 g/mol. The summed E-state index contributed by atoms with van der Waals surface area (Å²) in [4.78, 5) is 0. The third-order valence-corrected chi connectivity index (χ3v) is 2.73. The highest BCUT2D eigenvalue weighted by Crippen LogP contribution is 2.33. The standard InChI is InChI=1S/C11H11NO2/c12-7-11(14)5-4-8-2-1-3-10(13)9(8)6-11/h1-3,13-14H,4-6H2. The van der Waals surface area contributed by atoms with E-state index in [4.69, 9.17) is 5.26 Å². The number of nitrogens with zero attached hydrogens (tertiary/aromatic N) is 1. The zero-order valence-electron chi connectivity index (χ0n) is 7.70. The Labute approximate surface area is 82.2 Å². The second-order valence-electron chi connectivity index (χ2n) is 3.73. The number of phenols is 1. The first-order valence-electron chi connectivity index (χ1n) is 4.58. The largest absolute Gasteiger partial charge is 0.508 e. The SMILES string of the molecule is N#CC1(O)CCc2cccc(O)c2C1. The van der Waals surface area contributed by atoms with Crippen molar-refractivity contribution in [3.05, 3.63) is 29.3 Å². The summed E-state index contributed by atoms with van der Waals surface area (Å²) < 4.78 is 0. The molecule has 2 rings (SSSR count). The number of nitriles is 1. The van der Waals surface area contributed by atoms with Crippen LogP contribution in [0, 0.1) is 11.3 Å². The Balaban J connectivity index is 2.44. The van der Waals surface area contributed by atoms with Gasteiger partial charge in [-0.25, -0.2) is 0 Å². The first-order valence-corrected chi connectivity index (χ1v) is 4.58. The van der Waals surface area contributed by atoms with Crippen LogP contribution in [0.3, 0.4) is 0 Å². The summed E-state index contributed by atoms with van der Waals surface area (Å²) >= 11 is 0. The van der Waals surface area contributed by atoms with Gasteiger partial charge in [0.2, 0.25) is 0 Å². The smallest absolute Gasteiger partial charge is 0.155 e. The zero-order chi connectivity index (χ0) is 10.2. The van der Waals surface area contributed by atoms with E-state index in [-0.39, 0.29) is 12.2 Å². The van der Waals surface area contributed by atoms with Crippen LogP contribution in [0.4, 0.5) is 0 Å². The minimum atomic E-state index is -1.30. The van der Waals surface area contributed by atoms with Gasteiger partial charge in [-0.3, -0.25) is 0 Å². The number of benzene rings is 1. The van der Waals surface area contributed by atoms with Gasteiger partial charge in [-0.1, -0.05) is 12.1 Å². The van der Waals surface area contributed by atoms with Crippen molar-refractivity contribution in [2.45, 2.75) is 24.9 Å². The summed E-state index contributed by atoms with van der Waals surface area (Å²) in [6.07, 6.45) is 1.32. The van der Waals surface area contributed by atoms with Crippen LogP contribution < -0.4 is 0 Å². The summed E-state index contributed by atoms with van der Waals surface area (Å²) in [7, 11) is 0.